The summed E-state index contributed by atoms with van der Waals surface area (Å²) in [4.78, 5) is 4.25. The first kappa shape index (κ1) is 12.1. The maximum Gasteiger partial charge on any atom is 0.168 e. The first-order valence-corrected chi connectivity index (χ1v) is 5.91. The Hall–Kier alpha value is -1.33. The summed E-state index contributed by atoms with van der Waals surface area (Å²) in [7, 11) is 0. The Morgan fingerprint density at radius 3 is 3.24 bits per heavy atom. The van der Waals surface area contributed by atoms with Crippen molar-refractivity contribution in [1.82, 2.24) is 4.98 Å². The predicted molar refractivity (Wildman–Crippen MR) is 64.5 cm³/mol. The van der Waals surface area contributed by atoms with Crippen molar-refractivity contribution in [3.05, 3.63) is 18.3 Å². The molecule has 1 aromatic heterocycles. The fourth-order valence-electron chi connectivity index (χ4n) is 1.66. The normalized spacial score (nSPS) is 19.9. The van der Waals surface area contributed by atoms with Crippen LogP contribution in [0.15, 0.2) is 18.3 Å². The number of rotatable bonds is 5. The van der Waals surface area contributed by atoms with Gasteiger partial charge in [0, 0.05) is 12.7 Å². The third-order valence-corrected chi connectivity index (χ3v) is 2.45. The lowest BCUT2D eigenvalue weighted by Crippen LogP contribution is -2.34. The summed E-state index contributed by atoms with van der Waals surface area (Å²) < 4.78 is 16.4. The van der Waals surface area contributed by atoms with Crippen LogP contribution in [0.1, 0.15) is 6.92 Å². The molecular weight excluding hydrogens is 220 g/mol. The second kappa shape index (κ2) is 6.42. The summed E-state index contributed by atoms with van der Waals surface area (Å²) in [6.45, 7) is 5.23. The molecule has 94 valence electrons. The number of nitrogens with one attached hydrogen (secondary N) is 1. The lowest BCUT2D eigenvalue weighted by molar-refractivity contribution is -0.0819. The quantitative estimate of drug-likeness (QED) is 0.838. The molecule has 5 nitrogen and oxygen atoms in total. The predicted octanol–water partition coefficient (Wildman–Crippen LogP) is 1.31. The molecule has 0 bridgehead atoms. The molecule has 1 N–H and O–H groups in total. The number of nitrogens with zero attached hydrogens (tertiary/aromatic N) is 1. The molecule has 0 spiro atoms. The minimum atomic E-state index is 0.0835. The van der Waals surface area contributed by atoms with Crippen molar-refractivity contribution in [2.24, 2.45) is 0 Å². The molecule has 1 aromatic rings. The summed E-state index contributed by atoms with van der Waals surface area (Å²) in [6.07, 6.45) is 1.82. The molecule has 0 aromatic carbocycles. The van der Waals surface area contributed by atoms with Gasteiger partial charge in [-0.1, -0.05) is 0 Å². The molecule has 1 atom stereocenters. The van der Waals surface area contributed by atoms with Crippen molar-refractivity contribution in [2.75, 3.05) is 38.3 Å². The molecule has 1 aliphatic heterocycles. The van der Waals surface area contributed by atoms with Crippen LogP contribution >= 0.6 is 0 Å². The summed E-state index contributed by atoms with van der Waals surface area (Å²) in [5, 5.41) is 3.23. The van der Waals surface area contributed by atoms with Crippen molar-refractivity contribution in [1.29, 1.82) is 0 Å². The zero-order valence-electron chi connectivity index (χ0n) is 10.0. The number of pyridine rings is 1. The summed E-state index contributed by atoms with van der Waals surface area (Å²) in [5.74, 6) is 1.52. The summed E-state index contributed by atoms with van der Waals surface area (Å²) in [6, 6.07) is 3.76. The van der Waals surface area contributed by atoms with Gasteiger partial charge in [0.1, 0.15) is 0 Å². The number of hydrogen-bond donors (Lipinski definition) is 1. The lowest BCUT2D eigenvalue weighted by Gasteiger charge is -2.23. The molecule has 17 heavy (non-hydrogen) atoms. The molecule has 1 saturated heterocycles. The zero-order valence-corrected chi connectivity index (χ0v) is 10.0. The van der Waals surface area contributed by atoms with Crippen LogP contribution in [0.4, 0.5) is 5.82 Å². The Morgan fingerprint density at radius 1 is 1.53 bits per heavy atom. The molecule has 2 heterocycles. The molecule has 1 aliphatic rings. The first-order chi connectivity index (χ1) is 8.40. The molecule has 0 amide bonds. The lowest BCUT2D eigenvalue weighted by atomic mass is 10.3. The first-order valence-electron chi connectivity index (χ1n) is 5.91. The number of aromatic nitrogens is 1. The zero-order chi connectivity index (χ0) is 11.9. The van der Waals surface area contributed by atoms with E-state index in [4.69, 9.17) is 14.2 Å². The van der Waals surface area contributed by atoms with Crippen LogP contribution in [0.3, 0.4) is 0 Å². The third-order valence-electron chi connectivity index (χ3n) is 2.45. The Balaban J connectivity index is 1.88. The minimum absolute atomic E-state index is 0.0835. The molecule has 0 radical (unpaired) electrons. The van der Waals surface area contributed by atoms with Crippen LogP contribution in [0.2, 0.25) is 0 Å². The molecule has 0 aliphatic carbocycles. The van der Waals surface area contributed by atoms with E-state index in [1.807, 2.05) is 19.1 Å². The molecule has 0 saturated carbocycles. The van der Waals surface area contributed by atoms with E-state index < -0.39 is 0 Å². The van der Waals surface area contributed by atoms with Crippen molar-refractivity contribution < 1.29 is 14.2 Å². The van der Waals surface area contributed by atoms with E-state index in [0.29, 0.717) is 33.0 Å². The molecule has 1 fully saturated rings. The fraction of sp³-hybridized carbons (Fsp3) is 0.583. The van der Waals surface area contributed by atoms with Gasteiger partial charge in [0.25, 0.3) is 0 Å². The van der Waals surface area contributed by atoms with Crippen LogP contribution in [-0.4, -0.2) is 44.1 Å². The highest BCUT2D eigenvalue weighted by Crippen LogP contribution is 2.20. The Morgan fingerprint density at radius 2 is 2.47 bits per heavy atom. The van der Waals surface area contributed by atoms with Crippen LogP contribution < -0.4 is 10.1 Å². The number of hydrogen-bond acceptors (Lipinski definition) is 5. The van der Waals surface area contributed by atoms with Gasteiger partial charge in [0.2, 0.25) is 0 Å². The van der Waals surface area contributed by atoms with E-state index in [1.165, 1.54) is 0 Å². The SMILES string of the molecule is CCOc1cccnc1NCC1COCCO1. The Labute approximate surface area is 101 Å². The van der Waals surface area contributed by atoms with Crippen molar-refractivity contribution >= 4 is 5.82 Å². The second-order valence-corrected chi connectivity index (χ2v) is 3.73. The third kappa shape index (κ3) is 3.57. The van der Waals surface area contributed by atoms with E-state index in [2.05, 4.69) is 10.3 Å². The van der Waals surface area contributed by atoms with E-state index in [-0.39, 0.29) is 6.10 Å². The van der Waals surface area contributed by atoms with Crippen LogP contribution in [0.25, 0.3) is 0 Å². The summed E-state index contributed by atoms with van der Waals surface area (Å²) in [5.41, 5.74) is 0. The van der Waals surface area contributed by atoms with Gasteiger partial charge in [-0.3, -0.25) is 0 Å². The van der Waals surface area contributed by atoms with Gasteiger partial charge in [-0.05, 0) is 19.1 Å². The average molecular weight is 238 g/mol. The van der Waals surface area contributed by atoms with E-state index in [1.54, 1.807) is 6.20 Å². The Kier molecular flexibility index (Phi) is 4.58. The monoisotopic (exact) mass is 238 g/mol. The molecule has 5 heteroatoms. The highest BCUT2D eigenvalue weighted by atomic mass is 16.6. The van der Waals surface area contributed by atoms with Crippen molar-refractivity contribution in [3.8, 4) is 5.75 Å². The summed E-state index contributed by atoms with van der Waals surface area (Å²) >= 11 is 0. The standard InChI is InChI=1S/C12H18N2O3/c1-2-16-11-4-3-5-13-12(11)14-8-10-9-15-6-7-17-10/h3-5,10H,2,6-9H2,1H3,(H,13,14). The largest absolute Gasteiger partial charge is 0.490 e. The molecular formula is C12H18N2O3. The van der Waals surface area contributed by atoms with E-state index >= 15 is 0 Å². The van der Waals surface area contributed by atoms with Gasteiger partial charge < -0.3 is 19.5 Å². The van der Waals surface area contributed by atoms with Gasteiger partial charge in [-0.15, -0.1) is 0 Å². The van der Waals surface area contributed by atoms with E-state index in [0.717, 1.165) is 11.6 Å². The average Bonchev–Trinajstić information content (AvgIpc) is 2.39. The van der Waals surface area contributed by atoms with Crippen molar-refractivity contribution in [3.63, 3.8) is 0 Å². The van der Waals surface area contributed by atoms with Crippen LogP contribution in [0, 0.1) is 0 Å². The maximum atomic E-state index is 5.54. The maximum absolute atomic E-state index is 5.54. The van der Waals surface area contributed by atoms with Gasteiger partial charge >= 0.3 is 0 Å². The van der Waals surface area contributed by atoms with Gasteiger partial charge in [-0.2, -0.15) is 0 Å². The minimum Gasteiger partial charge on any atom is -0.490 e. The van der Waals surface area contributed by atoms with Gasteiger partial charge in [0.05, 0.1) is 32.5 Å². The highest BCUT2D eigenvalue weighted by molar-refractivity contribution is 5.49. The molecule has 1 unspecified atom stereocenters. The smallest absolute Gasteiger partial charge is 0.168 e. The van der Waals surface area contributed by atoms with Gasteiger partial charge in [0.15, 0.2) is 11.6 Å². The highest BCUT2D eigenvalue weighted by Gasteiger charge is 2.14. The van der Waals surface area contributed by atoms with Crippen LogP contribution in [0.5, 0.6) is 5.75 Å². The number of ether oxygens (including phenoxy) is 3. The fourth-order valence-corrected chi connectivity index (χ4v) is 1.66. The Bertz CT molecular complexity index is 340. The molecule has 2 rings (SSSR count). The topological polar surface area (TPSA) is 52.6 Å². The van der Waals surface area contributed by atoms with Gasteiger partial charge in [-0.25, -0.2) is 4.98 Å². The van der Waals surface area contributed by atoms with Crippen molar-refractivity contribution in [2.45, 2.75) is 13.0 Å². The second-order valence-electron chi connectivity index (χ2n) is 3.73. The number of anilines is 1. The van der Waals surface area contributed by atoms with Crippen LogP contribution in [-0.2, 0) is 9.47 Å². The van der Waals surface area contributed by atoms with E-state index in [9.17, 15) is 0 Å².